The molecule has 0 radical (unpaired) electrons. The maximum Gasteiger partial charge on any atom is 0.242 e. The minimum atomic E-state index is -0.529. The summed E-state index contributed by atoms with van der Waals surface area (Å²) in [5.41, 5.74) is 2.17. The molecular weight excluding hydrogens is 384 g/mol. The number of nitrogens with zero attached hydrogens (tertiary/aromatic N) is 1. The molecule has 4 heteroatoms. The Bertz CT molecular complexity index is 1010. The Labute approximate surface area is 185 Å². The Balaban J connectivity index is 1.75. The van der Waals surface area contributed by atoms with Crippen molar-refractivity contribution in [2.24, 2.45) is 5.92 Å². The second-order valence-corrected chi connectivity index (χ2v) is 8.46. The molecule has 0 spiro atoms. The van der Waals surface area contributed by atoms with Gasteiger partial charge in [0.25, 0.3) is 0 Å². The second kappa shape index (κ2) is 10.8. The fourth-order valence-corrected chi connectivity index (χ4v) is 3.71. The van der Waals surface area contributed by atoms with E-state index in [9.17, 15) is 9.59 Å². The third kappa shape index (κ3) is 6.17. The van der Waals surface area contributed by atoms with Crippen molar-refractivity contribution in [2.45, 2.75) is 46.2 Å². The van der Waals surface area contributed by atoms with Crippen molar-refractivity contribution in [3.8, 4) is 0 Å². The number of hydrogen-bond acceptors (Lipinski definition) is 2. The number of fused-ring (bicyclic) bond motifs is 1. The molecule has 0 aliphatic heterocycles. The van der Waals surface area contributed by atoms with E-state index in [2.05, 4.69) is 43.4 Å². The number of benzene rings is 3. The van der Waals surface area contributed by atoms with Crippen molar-refractivity contribution < 1.29 is 9.59 Å². The van der Waals surface area contributed by atoms with Crippen LogP contribution < -0.4 is 5.32 Å². The number of nitrogens with one attached hydrogen (secondary N) is 1. The molecule has 31 heavy (non-hydrogen) atoms. The molecule has 3 aromatic carbocycles. The van der Waals surface area contributed by atoms with Gasteiger partial charge in [0.15, 0.2) is 0 Å². The molecule has 2 amide bonds. The van der Waals surface area contributed by atoms with Gasteiger partial charge < -0.3 is 10.2 Å². The van der Waals surface area contributed by atoms with E-state index in [1.165, 1.54) is 10.8 Å². The predicted octanol–water partition coefficient (Wildman–Crippen LogP) is 4.96. The van der Waals surface area contributed by atoms with E-state index in [1.54, 1.807) is 4.90 Å². The minimum Gasteiger partial charge on any atom is -0.354 e. The average molecular weight is 417 g/mol. The van der Waals surface area contributed by atoms with Crippen molar-refractivity contribution in [1.29, 1.82) is 0 Å². The molecule has 0 aliphatic rings. The highest BCUT2D eigenvalue weighted by atomic mass is 16.2. The fourth-order valence-electron chi connectivity index (χ4n) is 3.71. The first kappa shape index (κ1) is 22.5. The summed E-state index contributed by atoms with van der Waals surface area (Å²) in [5, 5.41) is 5.32. The van der Waals surface area contributed by atoms with Crippen molar-refractivity contribution in [1.82, 2.24) is 10.2 Å². The molecule has 0 saturated carbocycles. The maximum absolute atomic E-state index is 13.3. The molecule has 0 heterocycles. The van der Waals surface area contributed by atoms with Crippen LogP contribution in [0.25, 0.3) is 10.8 Å². The van der Waals surface area contributed by atoms with Crippen LogP contribution in [-0.4, -0.2) is 29.3 Å². The molecule has 162 valence electrons. The maximum atomic E-state index is 13.3. The van der Waals surface area contributed by atoms with Gasteiger partial charge in [0.2, 0.25) is 11.8 Å². The molecule has 0 unspecified atom stereocenters. The van der Waals surface area contributed by atoms with E-state index in [1.807, 2.05) is 55.5 Å². The van der Waals surface area contributed by atoms with Crippen molar-refractivity contribution in [2.75, 3.05) is 6.54 Å². The summed E-state index contributed by atoms with van der Waals surface area (Å²) < 4.78 is 0. The topological polar surface area (TPSA) is 49.4 Å². The van der Waals surface area contributed by atoms with Crippen LogP contribution in [-0.2, 0) is 22.6 Å². The van der Waals surface area contributed by atoms with E-state index >= 15 is 0 Å². The second-order valence-electron chi connectivity index (χ2n) is 8.46. The third-order valence-electron chi connectivity index (χ3n) is 5.54. The summed E-state index contributed by atoms with van der Waals surface area (Å²) in [4.78, 5) is 27.7. The molecule has 1 N–H and O–H groups in total. The lowest BCUT2D eigenvalue weighted by Gasteiger charge is -2.29. The van der Waals surface area contributed by atoms with E-state index in [4.69, 9.17) is 0 Å². The SMILES string of the molecule is CC(C)CNC(=O)[C@@H](C)N(Cc1ccccc1)C(=O)CCc1cccc2ccccc12. The zero-order chi connectivity index (χ0) is 22.2. The lowest BCUT2D eigenvalue weighted by atomic mass is 10.0. The first-order valence-electron chi connectivity index (χ1n) is 11.0. The molecule has 0 fully saturated rings. The lowest BCUT2D eigenvalue weighted by molar-refractivity contribution is -0.140. The van der Waals surface area contributed by atoms with Crippen molar-refractivity contribution in [3.63, 3.8) is 0 Å². The molecule has 0 saturated heterocycles. The largest absolute Gasteiger partial charge is 0.354 e. The molecular formula is C27H32N2O2. The van der Waals surface area contributed by atoms with Gasteiger partial charge in [-0.25, -0.2) is 0 Å². The average Bonchev–Trinajstić information content (AvgIpc) is 2.79. The highest BCUT2D eigenvalue weighted by Crippen LogP contribution is 2.21. The van der Waals surface area contributed by atoms with Crippen LogP contribution >= 0.6 is 0 Å². The van der Waals surface area contributed by atoms with Gasteiger partial charge in [-0.1, -0.05) is 86.6 Å². The minimum absolute atomic E-state index is 0.0102. The number of aryl methyl sites for hydroxylation is 1. The third-order valence-corrected chi connectivity index (χ3v) is 5.54. The van der Waals surface area contributed by atoms with Gasteiger partial charge in [-0.3, -0.25) is 9.59 Å². The fraction of sp³-hybridized carbons (Fsp3) is 0.333. The van der Waals surface area contributed by atoms with Gasteiger partial charge in [0.05, 0.1) is 0 Å². The highest BCUT2D eigenvalue weighted by molar-refractivity contribution is 5.88. The Morgan fingerprint density at radius 3 is 2.29 bits per heavy atom. The zero-order valence-corrected chi connectivity index (χ0v) is 18.7. The lowest BCUT2D eigenvalue weighted by Crippen LogP contribution is -2.48. The number of carbonyl (C=O) groups excluding carboxylic acids is 2. The summed E-state index contributed by atoms with van der Waals surface area (Å²) in [5.74, 6) is 0.243. The van der Waals surface area contributed by atoms with Gasteiger partial charge >= 0.3 is 0 Å². The van der Waals surface area contributed by atoms with Gasteiger partial charge in [-0.05, 0) is 41.2 Å². The standard InChI is InChI=1S/C27H32N2O2/c1-20(2)18-28-27(31)21(3)29(19-22-10-5-4-6-11-22)26(30)17-16-24-14-9-13-23-12-7-8-15-25(23)24/h4-15,20-21H,16-19H2,1-3H3,(H,28,31)/t21-/m1/s1. The molecule has 0 bridgehead atoms. The van der Waals surface area contributed by atoms with Crippen LogP contribution in [0.2, 0.25) is 0 Å². The monoisotopic (exact) mass is 416 g/mol. The summed E-state index contributed by atoms with van der Waals surface area (Å²) in [6, 6.07) is 23.7. The Hall–Kier alpha value is -3.14. The van der Waals surface area contributed by atoms with E-state index in [0.717, 1.165) is 11.1 Å². The van der Waals surface area contributed by atoms with E-state index in [0.29, 0.717) is 31.8 Å². The first-order chi connectivity index (χ1) is 15.0. The van der Waals surface area contributed by atoms with Gasteiger partial charge in [0, 0.05) is 19.5 Å². The summed E-state index contributed by atoms with van der Waals surface area (Å²) in [6.45, 7) is 6.95. The molecule has 3 aromatic rings. The zero-order valence-electron chi connectivity index (χ0n) is 18.7. The molecule has 3 rings (SSSR count). The summed E-state index contributed by atoms with van der Waals surface area (Å²) in [7, 11) is 0. The predicted molar refractivity (Wildman–Crippen MR) is 127 cm³/mol. The first-order valence-corrected chi connectivity index (χ1v) is 11.0. The summed E-state index contributed by atoms with van der Waals surface area (Å²) >= 11 is 0. The van der Waals surface area contributed by atoms with Crippen LogP contribution in [0.4, 0.5) is 0 Å². The van der Waals surface area contributed by atoms with Crippen LogP contribution in [0.3, 0.4) is 0 Å². The number of rotatable bonds is 9. The Morgan fingerprint density at radius 2 is 1.55 bits per heavy atom. The highest BCUT2D eigenvalue weighted by Gasteiger charge is 2.26. The Kier molecular flexibility index (Phi) is 7.82. The summed E-state index contributed by atoms with van der Waals surface area (Å²) in [6.07, 6.45) is 1.01. The van der Waals surface area contributed by atoms with Crippen LogP contribution in [0.1, 0.15) is 38.3 Å². The molecule has 0 aliphatic carbocycles. The van der Waals surface area contributed by atoms with E-state index < -0.39 is 6.04 Å². The van der Waals surface area contributed by atoms with Crippen molar-refractivity contribution >= 4 is 22.6 Å². The van der Waals surface area contributed by atoms with Crippen LogP contribution in [0, 0.1) is 5.92 Å². The Morgan fingerprint density at radius 1 is 0.871 bits per heavy atom. The number of amides is 2. The number of carbonyl (C=O) groups is 2. The van der Waals surface area contributed by atoms with E-state index in [-0.39, 0.29) is 11.8 Å². The normalized spacial score (nSPS) is 12.0. The van der Waals surface area contributed by atoms with Gasteiger partial charge in [-0.2, -0.15) is 0 Å². The molecule has 1 atom stereocenters. The van der Waals surface area contributed by atoms with Crippen molar-refractivity contribution in [3.05, 3.63) is 83.9 Å². The molecule has 4 nitrogen and oxygen atoms in total. The van der Waals surface area contributed by atoms with Crippen LogP contribution in [0.15, 0.2) is 72.8 Å². The quantitative estimate of drug-likeness (QED) is 0.536. The smallest absolute Gasteiger partial charge is 0.242 e. The van der Waals surface area contributed by atoms with Gasteiger partial charge in [0.1, 0.15) is 6.04 Å². The van der Waals surface area contributed by atoms with Gasteiger partial charge in [-0.15, -0.1) is 0 Å². The molecule has 0 aromatic heterocycles. The van der Waals surface area contributed by atoms with Crippen LogP contribution in [0.5, 0.6) is 0 Å². The number of hydrogen-bond donors (Lipinski definition) is 1.